The number of aliphatic hydroxyl groups excluding tert-OH is 1. The van der Waals surface area contributed by atoms with E-state index in [1.807, 2.05) is 6.07 Å². The third-order valence-corrected chi connectivity index (χ3v) is 5.48. The van der Waals surface area contributed by atoms with Crippen LogP contribution in [-0.2, 0) is 11.8 Å². The fourth-order valence-corrected chi connectivity index (χ4v) is 4.69. The third-order valence-electron chi connectivity index (χ3n) is 5.48. The molecule has 5 rings (SSSR count). The molecule has 4 heteroatoms. The molecular formula is C17H17NO3. The molecule has 1 saturated heterocycles. The van der Waals surface area contributed by atoms with Gasteiger partial charge in [-0.15, -0.1) is 0 Å². The Morgan fingerprint density at radius 3 is 3.14 bits per heavy atom. The lowest BCUT2D eigenvalue weighted by atomic mass is 9.58. The van der Waals surface area contributed by atoms with Crippen LogP contribution < -0.4 is 14.8 Å². The average Bonchev–Trinajstić information content (AvgIpc) is 2.83. The van der Waals surface area contributed by atoms with Crippen molar-refractivity contribution in [2.45, 2.75) is 30.4 Å². The van der Waals surface area contributed by atoms with Gasteiger partial charge in [-0.25, -0.2) is 0 Å². The van der Waals surface area contributed by atoms with E-state index in [4.69, 9.17) is 9.47 Å². The highest BCUT2D eigenvalue weighted by molar-refractivity contribution is 5.67. The molecule has 1 spiro atoms. The van der Waals surface area contributed by atoms with Gasteiger partial charge in [-0.3, -0.25) is 0 Å². The van der Waals surface area contributed by atoms with Gasteiger partial charge in [0.1, 0.15) is 5.76 Å². The first kappa shape index (κ1) is 11.7. The van der Waals surface area contributed by atoms with Gasteiger partial charge in [-0.05, 0) is 42.7 Å². The number of methoxy groups -OCH3 is 1. The number of allylic oxidation sites excluding steroid dienone is 2. The van der Waals surface area contributed by atoms with E-state index in [9.17, 15) is 5.11 Å². The normalized spacial score (nSPS) is 34.5. The summed E-state index contributed by atoms with van der Waals surface area (Å²) in [5.74, 6) is 1.92. The first-order valence-corrected chi connectivity index (χ1v) is 7.47. The van der Waals surface area contributed by atoms with Crippen LogP contribution in [0.4, 0.5) is 0 Å². The summed E-state index contributed by atoms with van der Waals surface area (Å²) in [7, 11) is 1.67. The highest BCUT2D eigenvalue weighted by Crippen LogP contribution is 2.61. The molecule has 3 atom stereocenters. The Morgan fingerprint density at radius 1 is 1.38 bits per heavy atom. The lowest BCUT2D eigenvalue weighted by molar-refractivity contribution is 0.118. The number of benzene rings is 1. The summed E-state index contributed by atoms with van der Waals surface area (Å²) in [5, 5.41) is 14.0. The number of piperidine rings is 1. The van der Waals surface area contributed by atoms with Crippen molar-refractivity contribution in [1.82, 2.24) is 5.32 Å². The molecule has 0 radical (unpaired) electrons. The molecule has 2 aliphatic carbocycles. The second-order valence-electron chi connectivity index (χ2n) is 6.27. The molecular weight excluding hydrogens is 266 g/mol. The molecule has 0 saturated carbocycles. The molecule has 2 heterocycles. The molecule has 0 aromatic heterocycles. The number of rotatable bonds is 1. The molecule has 1 aromatic rings. The summed E-state index contributed by atoms with van der Waals surface area (Å²) in [6.45, 7) is 0.950. The van der Waals surface area contributed by atoms with Crippen LogP contribution in [0.5, 0.6) is 11.5 Å². The molecule has 4 aliphatic rings. The summed E-state index contributed by atoms with van der Waals surface area (Å²) in [5.41, 5.74) is 3.72. The number of ether oxygens (including phenoxy) is 2. The van der Waals surface area contributed by atoms with Crippen molar-refractivity contribution in [3.63, 3.8) is 0 Å². The van der Waals surface area contributed by atoms with E-state index in [2.05, 4.69) is 17.5 Å². The maximum absolute atomic E-state index is 10.4. The van der Waals surface area contributed by atoms with Gasteiger partial charge >= 0.3 is 0 Å². The third kappa shape index (κ3) is 1.17. The first-order chi connectivity index (χ1) is 10.3. The SMILES string of the molecule is COc1ccc2c3c1O[C@H]1C(O)=CC=C4[C@@H](C2)NCC[C@]431. The van der Waals surface area contributed by atoms with Crippen LogP contribution in [0.3, 0.4) is 0 Å². The average molecular weight is 283 g/mol. The van der Waals surface area contributed by atoms with E-state index >= 15 is 0 Å². The number of aliphatic hydroxyl groups is 1. The zero-order valence-electron chi connectivity index (χ0n) is 11.8. The van der Waals surface area contributed by atoms with Crippen LogP contribution in [0, 0.1) is 0 Å². The Bertz CT molecular complexity index is 721. The van der Waals surface area contributed by atoms with E-state index in [1.165, 1.54) is 16.7 Å². The van der Waals surface area contributed by atoms with Crippen molar-refractivity contribution in [1.29, 1.82) is 0 Å². The topological polar surface area (TPSA) is 50.7 Å². The van der Waals surface area contributed by atoms with E-state index in [0.717, 1.165) is 30.9 Å². The molecule has 1 aromatic carbocycles. The van der Waals surface area contributed by atoms with E-state index in [1.54, 1.807) is 13.2 Å². The Kier molecular flexibility index (Phi) is 2.02. The summed E-state index contributed by atoms with van der Waals surface area (Å²) in [6.07, 6.45) is 5.51. The molecule has 4 nitrogen and oxygen atoms in total. The summed E-state index contributed by atoms with van der Waals surface area (Å²) < 4.78 is 11.7. The quantitative estimate of drug-likeness (QED) is 0.827. The van der Waals surface area contributed by atoms with Crippen molar-refractivity contribution in [3.05, 3.63) is 46.7 Å². The Hall–Kier alpha value is -1.94. The van der Waals surface area contributed by atoms with Gasteiger partial charge in [0, 0.05) is 11.6 Å². The Morgan fingerprint density at radius 2 is 2.29 bits per heavy atom. The molecule has 0 unspecified atom stereocenters. The maximum atomic E-state index is 10.4. The largest absolute Gasteiger partial charge is 0.508 e. The van der Waals surface area contributed by atoms with Crippen molar-refractivity contribution in [2.75, 3.05) is 13.7 Å². The van der Waals surface area contributed by atoms with Gasteiger partial charge in [0.15, 0.2) is 17.6 Å². The van der Waals surface area contributed by atoms with Gasteiger partial charge in [0.25, 0.3) is 0 Å². The number of hydrogen-bond acceptors (Lipinski definition) is 4. The summed E-state index contributed by atoms with van der Waals surface area (Å²) in [4.78, 5) is 0. The van der Waals surface area contributed by atoms with Crippen molar-refractivity contribution < 1.29 is 14.6 Å². The smallest absolute Gasteiger partial charge is 0.169 e. The van der Waals surface area contributed by atoms with E-state index < -0.39 is 0 Å². The van der Waals surface area contributed by atoms with Crippen LogP contribution >= 0.6 is 0 Å². The lowest BCUT2D eigenvalue weighted by Gasteiger charge is -2.49. The Labute approximate surface area is 123 Å². The minimum absolute atomic E-state index is 0.202. The summed E-state index contributed by atoms with van der Waals surface area (Å²) in [6, 6.07) is 4.48. The van der Waals surface area contributed by atoms with Gasteiger partial charge in [0.2, 0.25) is 0 Å². The highest BCUT2D eigenvalue weighted by atomic mass is 16.5. The zero-order valence-corrected chi connectivity index (χ0v) is 11.8. The molecule has 2 aliphatic heterocycles. The van der Waals surface area contributed by atoms with Gasteiger partial charge in [0.05, 0.1) is 12.5 Å². The minimum Gasteiger partial charge on any atom is -0.508 e. The van der Waals surface area contributed by atoms with Gasteiger partial charge in [-0.2, -0.15) is 0 Å². The number of nitrogens with one attached hydrogen (secondary N) is 1. The van der Waals surface area contributed by atoms with Crippen LogP contribution in [0.2, 0.25) is 0 Å². The Balaban J connectivity index is 1.88. The standard InChI is InChI=1S/C17H17NO3/c1-20-13-5-2-9-8-11-10-3-4-12(19)16-17(10,6-7-18-11)14(9)15(13)21-16/h2-5,11,16,18-19H,6-8H2,1H3/t11-,16+,17+/m1/s1. The minimum atomic E-state index is -0.299. The molecule has 0 amide bonds. The molecule has 2 N–H and O–H groups in total. The molecule has 2 bridgehead atoms. The predicted octanol–water partition coefficient (Wildman–Crippen LogP) is 1.99. The van der Waals surface area contributed by atoms with Crippen molar-refractivity contribution in [2.24, 2.45) is 0 Å². The fraction of sp³-hybridized carbons (Fsp3) is 0.412. The molecule has 1 fully saturated rings. The van der Waals surface area contributed by atoms with Crippen molar-refractivity contribution in [3.8, 4) is 11.5 Å². The second-order valence-corrected chi connectivity index (χ2v) is 6.27. The fourth-order valence-electron chi connectivity index (χ4n) is 4.69. The predicted molar refractivity (Wildman–Crippen MR) is 78.0 cm³/mol. The van der Waals surface area contributed by atoms with Crippen LogP contribution in [-0.4, -0.2) is 30.9 Å². The molecule has 21 heavy (non-hydrogen) atoms. The molecule has 108 valence electrons. The maximum Gasteiger partial charge on any atom is 0.169 e. The van der Waals surface area contributed by atoms with Crippen LogP contribution in [0.15, 0.2) is 35.6 Å². The zero-order chi connectivity index (χ0) is 14.2. The van der Waals surface area contributed by atoms with Crippen LogP contribution in [0.25, 0.3) is 0 Å². The summed E-state index contributed by atoms with van der Waals surface area (Å²) >= 11 is 0. The van der Waals surface area contributed by atoms with E-state index in [0.29, 0.717) is 11.8 Å². The number of hydrogen-bond donors (Lipinski definition) is 2. The second kappa shape index (κ2) is 3.63. The van der Waals surface area contributed by atoms with Crippen LogP contribution in [0.1, 0.15) is 17.5 Å². The van der Waals surface area contributed by atoms with Gasteiger partial charge < -0.3 is 19.9 Å². The van der Waals surface area contributed by atoms with E-state index in [-0.39, 0.29) is 11.5 Å². The highest BCUT2D eigenvalue weighted by Gasteiger charge is 2.60. The van der Waals surface area contributed by atoms with Gasteiger partial charge in [-0.1, -0.05) is 12.1 Å². The monoisotopic (exact) mass is 283 g/mol. The lowest BCUT2D eigenvalue weighted by Crippen LogP contribution is -2.58. The first-order valence-electron chi connectivity index (χ1n) is 7.47. The van der Waals surface area contributed by atoms with Crippen molar-refractivity contribution >= 4 is 0 Å².